The number of benzene rings is 1. The van der Waals surface area contributed by atoms with E-state index >= 15 is 0 Å². The maximum Gasteiger partial charge on any atom is 0.131 e. The molecule has 0 spiro atoms. The van der Waals surface area contributed by atoms with E-state index in [-0.39, 0.29) is 18.1 Å². The van der Waals surface area contributed by atoms with Crippen LogP contribution in [0.2, 0.25) is 0 Å². The number of hydrogen-bond donors (Lipinski definition) is 1. The molecule has 2 nitrogen and oxygen atoms in total. The molecule has 1 rings (SSSR count). The van der Waals surface area contributed by atoms with Crippen LogP contribution in [0.4, 0.5) is 8.78 Å². The number of methoxy groups -OCH3 is 1. The molecule has 4 heteroatoms. The van der Waals surface area contributed by atoms with Crippen molar-refractivity contribution in [2.45, 2.75) is 25.6 Å². The number of aliphatic hydroxyl groups is 1. The Bertz CT molecular complexity index is 308. The highest BCUT2D eigenvalue weighted by molar-refractivity contribution is 5.22. The lowest BCUT2D eigenvalue weighted by Gasteiger charge is -2.16. The summed E-state index contributed by atoms with van der Waals surface area (Å²) in [6.45, 7) is 1.72. The van der Waals surface area contributed by atoms with Gasteiger partial charge in [-0.05, 0) is 19.1 Å². The fourth-order valence-corrected chi connectivity index (χ4v) is 1.36. The Balaban J connectivity index is 2.86. The molecule has 1 aromatic rings. The number of hydrogen-bond acceptors (Lipinski definition) is 2. The highest BCUT2D eigenvalue weighted by Gasteiger charge is 2.19. The Morgan fingerprint density at radius 1 is 1.33 bits per heavy atom. The molecule has 0 saturated heterocycles. The first kappa shape index (κ1) is 12.1. The average Bonchev–Trinajstić information content (AvgIpc) is 2.17. The van der Waals surface area contributed by atoms with E-state index in [4.69, 9.17) is 4.74 Å². The molecule has 0 aliphatic carbocycles. The minimum atomic E-state index is -1.18. The van der Waals surface area contributed by atoms with Gasteiger partial charge in [0, 0.05) is 13.5 Å². The minimum absolute atomic E-state index is 0.161. The predicted molar refractivity (Wildman–Crippen MR) is 52.4 cm³/mol. The van der Waals surface area contributed by atoms with E-state index in [1.54, 1.807) is 6.92 Å². The standard InChI is InChI=1S/C11H14F2O2/c1-7(15-2)6-10(14)11-8(12)4-3-5-9(11)13/h3-5,7,10,14H,6H2,1-2H3. The molecule has 0 heterocycles. The predicted octanol–water partition coefficient (Wildman–Crippen LogP) is 2.42. The van der Waals surface area contributed by atoms with Crippen LogP contribution in [0.15, 0.2) is 18.2 Å². The summed E-state index contributed by atoms with van der Waals surface area (Å²) in [7, 11) is 1.48. The summed E-state index contributed by atoms with van der Waals surface area (Å²) < 4.78 is 31.3. The van der Waals surface area contributed by atoms with Gasteiger partial charge in [0.15, 0.2) is 0 Å². The van der Waals surface area contributed by atoms with Crippen molar-refractivity contribution in [2.75, 3.05) is 7.11 Å². The Kier molecular flexibility index (Phi) is 4.17. The first-order chi connectivity index (χ1) is 7.06. The summed E-state index contributed by atoms with van der Waals surface area (Å²) in [6, 6.07) is 3.51. The molecule has 1 N–H and O–H groups in total. The molecule has 0 aromatic heterocycles. The van der Waals surface area contributed by atoms with Crippen LogP contribution in [-0.2, 0) is 4.74 Å². The summed E-state index contributed by atoms with van der Waals surface area (Å²) >= 11 is 0. The third-order valence-electron chi connectivity index (χ3n) is 2.29. The largest absolute Gasteiger partial charge is 0.388 e. The van der Waals surface area contributed by atoms with Crippen molar-refractivity contribution in [3.05, 3.63) is 35.4 Å². The molecule has 0 aliphatic rings. The molecule has 0 saturated carbocycles. The van der Waals surface area contributed by atoms with E-state index < -0.39 is 17.7 Å². The Morgan fingerprint density at radius 2 is 1.87 bits per heavy atom. The van der Waals surface area contributed by atoms with Crippen LogP contribution in [0.25, 0.3) is 0 Å². The maximum atomic E-state index is 13.2. The van der Waals surface area contributed by atoms with E-state index in [0.717, 1.165) is 12.1 Å². The van der Waals surface area contributed by atoms with Gasteiger partial charge in [-0.25, -0.2) is 8.78 Å². The number of rotatable bonds is 4. The molecule has 0 radical (unpaired) electrons. The van der Waals surface area contributed by atoms with Crippen LogP contribution in [0.3, 0.4) is 0 Å². The van der Waals surface area contributed by atoms with Gasteiger partial charge in [-0.1, -0.05) is 6.07 Å². The number of halogens is 2. The van der Waals surface area contributed by atoms with E-state index in [1.165, 1.54) is 13.2 Å². The molecule has 2 unspecified atom stereocenters. The second kappa shape index (κ2) is 5.19. The van der Waals surface area contributed by atoms with Crippen LogP contribution < -0.4 is 0 Å². The summed E-state index contributed by atoms with van der Waals surface area (Å²) in [6.07, 6.45) is -1.27. The fraction of sp³-hybridized carbons (Fsp3) is 0.455. The van der Waals surface area contributed by atoms with Gasteiger partial charge in [0.2, 0.25) is 0 Å². The monoisotopic (exact) mass is 216 g/mol. The molecule has 2 atom stereocenters. The molecule has 0 aliphatic heterocycles. The van der Waals surface area contributed by atoms with Gasteiger partial charge < -0.3 is 9.84 Å². The quantitative estimate of drug-likeness (QED) is 0.837. The van der Waals surface area contributed by atoms with Crippen molar-refractivity contribution in [2.24, 2.45) is 0 Å². The highest BCUT2D eigenvalue weighted by Crippen LogP contribution is 2.24. The zero-order valence-electron chi connectivity index (χ0n) is 8.71. The van der Waals surface area contributed by atoms with Crippen LogP contribution in [0.1, 0.15) is 25.0 Å². The van der Waals surface area contributed by atoms with Gasteiger partial charge in [0.25, 0.3) is 0 Å². The number of aliphatic hydroxyl groups excluding tert-OH is 1. The Labute approximate surface area is 87.5 Å². The summed E-state index contributed by atoms with van der Waals surface area (Å²) in [5.41, 5.74) is -0.290. The average molecular weight is 216 g/mol. The number of ether oxygens (including phenoxy) is 1. The maximum absolute atomic E-state index is 13.2. The Hall–Kier alpha value is -1.00. The van der Waals surface area contributed by atoms with Crippen LogP contribution >= 0.6 is 0 Å². The van der Waals surface area contributed by atoms with Crippen molar-refractivity contribution < 1.29 is 18.6 Å². The topological polar surface area (TPSA) is 29.5 Å². The summed E-state index contributed by atoms with van der Waals surface area (Å²) in [5, 5.41) is 9.62. The lowest BCUT2D eigenvalue weighted by atomic mass is 10.0. The van der Waals surface area contributed by atoms with Gasteiger partial charge in [-0.3, -0.25) is 0 Å². The van der Waals surface area contributed by atoms with Crippen molar-refractivity contribution in [3.63, 3.8) is 0 Å². The molecule has 84 valence electrons. The second-order valence-corrected chi connectivity index (χ2v) is 3.43. The molecule has 0 fully saturated rings. The molecule has 0 bridgehead atoms. The van der Waals surface area contributed by atoms with Gasteiger partial charge in [-0.15, -0.1) is 0 Å². The van der Waals surface area contributed by atoms with E-state index in [2.05, 4.69) is 0 Å². The van der Waals surface area contributed by atoms with Gasteiger partial charge >= 0.3 is 0 Å². The van der Waals surface area contributed by atoms with Crippen LogP contribution in [0, 0.1) is 11.6 Å². The Morgan fingerprint density at radius 3 is 2.33 bits per heavy atom. The fourth-order valence-electron chi connectivity index (χ4n) is 1.36. The van der Waals surface area contributed by atoms with Crippen molar-refractivity contribution >= 4 is 0 Å². The van der Waals surface area contributed by atoms with E-state index in [9.17, 15) is 13.9 Å². The van der Waals surface area contributed by atoms with Gasteiger partial charge in [-0.2, -0.15) is 0 Å². The molecule has 0 amide bonds. The van der Waals surface area contributed by atoms with Crippen LogP contribution in [0.5, 0.6) is 0 Å². The van der Waals surface area contributed by atoms with Crippen molar-refractivity contribution in [1.82, 2.24) is 0 Å². The van der Waals surface area contributed by atoms with Crippen molar-refractivity contribution in [1.29, 1.82) is 0 Å². The SMILES string of the molecule is COC(C)CC(O)c1c(F)cccc1F. The third-order valence-corrected chi connectivity index (χ3v) is 2.29. The lowest BCUT2D eigenvalue weighted by molar-refractivity contribution is 0.0531. The molecular weight excluding hydrogens is 202 g/mol. The smallest absolute Gasteiger partial charge is 0.131 e. The van der Waals surface area contributed by atoms with E-state index in [0.29, 0.717) is 0 Å². The normalized spacial score (nSPS) is 15.0. The van der Waals surface area contributed by atoms with Gasteiger partial charge in [0.1, 0.15) is 11.6 Å². The third kappa shape index (κ3) is 2.97. The lowest BCUT2D eigenvalue weighted by Crippen LogP contribution is -2.13. The first-order valence-electron chi connectivity index (χ1n) is 4.71. The summed E-state index contributed by atoms with van der Waals surface area (Å²) in [4.78, 5) is 0. The highest BCUT2D eigenvalue weighted by atomic mass is 19.1. The van der Waals surface area contributed by atoms with E-state index in [1.807, 2.05) is 0 Å². The minimum Gasteiger partial charge on any atom is -0.388 e. The molecule has 1 aromatic carbocycles. The molecule has 15 heavy (non-hydrogen) atoms. The van der Waals surface area contributed by atoms with Gasteiger partial charge in [0.05, 0.1) is 17.8 Å². The van der Waals surface area contributed by atoms with Crippen molar-refractivity contribution in [3.8, 4) is 0 Å². The zero-order chi connectivity index (χ0) is 11.4. The second-order valence-electron chi connectivity index (χ2n) is 3.43. The first-order valence-corrected chi connectivity index (χ1v) is 4.71. The van der Waals surface area contributed by atoms with Crippen LogP contribution in [-0.4, -0.2) is 18.3 Å². The molecular formula is C11H14F2O2. The zero-order valence-corrected chi connectivity index (χ0v) is 8.71. The summed E-state index contributed by atoms with van der Waals surface area (Å²) in [5.74, 6) is -1.46.